The first-order chi connectivity index (χ1) is 8.47. The van der Waals surface area contributed by atoms with Crippen molar-refractivity contribution >= 4 is 5.91 Å². The fourth-order valence-electron chi connectivity index (χ4n) is 1.67. The Morgan fingerprint density at radius 3 is 2.50 bits per heavy atom. The summed E-state index contributed by atoms with van der Waals surface area (Å²) in [5.74, 6) is -1.92. The van der Waals surface area contributed by atoms with E-state index in [0.717, 1.165) is 0 Å². The predicted octanol–water partition coefficient (Wildman–Crippen LogP) is 2.20. The molecule has 1 amide bonds. The van der Waals surface area contributed by atoms with E-state index in [-0.39, 0.29) is 6.10 Å². The van der Waals surface area contributed by atoms with Crippen molar-refractivity contribution in [3.8, 4) is 0 Å². The third-order valence-corrected chi connectivity index (χ3v) is 2.67. The monoisotopic (exact) mass is 259 g/mol. The van der Waals surface area contributed by atoms with Gasteiger partial charge in [0, 0.05) is 6.42 Å². The molecule has 0 aliphatic carbocycles. The Morgan fingerprint density at radius 2 is 2.00 bits per heavy atom. The highest BCUT2D eigenvalue weighted by Gasteiger charge is 2.40. The number of benzene rings is 1. The maximum absolute atomic E-state index is 12.2. The van der Waals surface area contributed by atoms with Crippen LogP contribution in [0.15, 0.2) is 30.3 Å². The van der Waals surface area contributed by atoms with Gasteiger partial charge < -0.3 is 10.1 Å². The van der Waals surface area contributed by atoms with Crippen molar-refractivity contribution in [2.45, 2.75) is 24.7 Å². The Kier molecular flexibility index (Phi) is 3.56. The molecule has 0 spiro atoms. The molecule has 6 heteroatoms. The summed E-state index contributed by atoms with van der Waals surface area (Å²) in [5, 5.41) is 2.00. The number of ether oxygens (including phenoxy) is 1. The highest BCUT2D eigenvalue weighted by molar-refractivity contribution is 5.82. The lowest BCUT2D eigenvalue weighted by atomic mass is 10.0. The van der Waals surface area contributed by atoms with Crippen LogP contribution in [0, 0.1) is 0 Å². The number of carbonyl (C=O) groups is 1. The summed E-state index contributed by atoms with van der Waals surface area (Å²) < 4.78 is 41.7. The summed E-state index contributed by atoms with van der Waals surface area (Å²) in [6.07, 6.45) is -4.58. The molecule has 18 heavy (non-hydrogen) atoms. The van der Waals surface area contributed by atoms with Crippen LogP contribution in [0.2, 0.25) is 0 Å². The van der Waals surface area contributed by atoms with Crippen molar-refractivity contribution in [2.24, 2.45) is 0 Å². The maximum Gasteiger partial charge on any atom is 0.471 e. The van der Waals surface area contributed by atoms with Crippen molar-refractivity contribution in [3.05, 3.63) is 35.9 Å². The summed E-state index contributed by atoms with van der Waals surface area (Å²) in [5.41, 5.74) is 0.644. The van der Waals surface area contributed by atoms with Gasteiger partial charge in [-0.05, 0) is 5.56 Å². The molecular formula is C12H12F3NO2. The highest BCUT2D eigenvalue weighted by atomic mass is 19.4. The third kappa shape index (κ3) is 3.46. The second-order valence-electron chi connectivity index (χ2n) is 4.13. The SMILES string of the molecule is O=C(NC(C[C@@H]1CO1)c1ccccc1)C(F)(F)F. The normalized spacial score (nSPS) is 20.3. The summed E-state index contributed by atoms with van der Waals surface area (Å²) >= 11 is 0. The van der Waals surface area contributed by atoms with Crippen LogP contribution in [0.5, 0.6) is 0 Å². The van der Waals surface area contributed by atoms with Crippen LogP contribution in [-0.2, 0) is 9.53 Å². The minimum absolute atomic E-state index is 0.0660. The first-order valence-corrected chi connectivity index (χ1v) is 5.51. The van der Waals surface area contributed by atoms with Crippen LogP contribution in [0.25, 0.3) is 0 Å². The first kappa shape index (κ1) is 12.9. The van der Waals surface area contributed by atoms with Crippen LogP contribution >= 0.6 is 0 Å². The number of carbonyl (C=O) groups excluding carboxylic acids is 1. The van der Waals surface area contributed by atoms with Crippen molar-refractivity contribution in [3.63, 3.8) is 0 Å². The van der Waals surface area contributed by atoms with Gasteiger partial charge in [-0.15, -0.1) is 0 Å². The van der Waals surface area contributed by atoms with E-state index in [1.54, 1.807) is 30.3 Å². The standard InChI is InChI=1S/C12H12F3NO2/c13-12(14,15)11(17)16-10(6-9-7-18-9)8-4-2-1-3-5-8/h1-5,9-10H,6-7H2,(H,16,17)/t9-,10?/m1/s1. The minimum atomic E-state index is -4.86. The predicted molar refractivity (Wildman–Crippen MR) is 57.7 cm³/mol. The summed E-state index contributed by atoms with van der Waals surface area (Å²) in [4.78, 5) is 11.0. The molecule has 1 saturated heterocycles. The van der Waals surface area contributed by atoms with E-state index >= 15 is 0 Å². The van der Waals surface area contributed by atoms with E-state index in [1.165, 1.54) is 0 Å². The lowest BCUT2D eigenvalue weighted by molar-refractivity contribution is -0.174. The Morgan fingerprint density at radius 1 is 1.39 bits per heavy atom. The van der Waals surface area contributed by atoms with E-state index in [1.807, 2.05) is 5.32 Å². The van der Waals surface area contributed by atoms with E-state index in [9.17, 15) is 18.0 Å². The second-order valence-corrected chi connectivity index (χ2v) is 4.13. The average Bonchev–Trinajstić information content (AvgIpc) is 3.12. The lowest BCUT2D eigenvalue weighted by Gasteiger charge is -2.19. The number of alkyl halides is 3. The van der Waals surface area contributed by atoms with Gasteiger partial charge in [0.2, 0.25) is 0 Å². The second kappa shape index (κ2) is 4.97. The Hall–Kier alpha value is -1.56. The number of rotatable bonds is 4. The van der Waals surface area contributed by atoms with E-state index in [2.05, 4.69) is 0 Å². The van der Waals surface area contributed by atoms with Gasteiger partial charge in [0.1, 0.15) is 0 Å². The van der Waals surface area contributed by atoms with Gasteiger partial charge in [-0.1, -0.05) is 30.3 Å². The van der Waals surface area contributed by atoms with Crippen LogP contribution < -0.4 is 5.32 Å². The van der Waals surface area contributed by atoms with Crippen LogP contribution in [-0.4, -0.2) is 24.8 Å². The van der Waals surface area contributed by atoms with Crippen molar-refractivity contribution in [2.75, 3.05) is 6.61 Å². The summed E-state index contributed by atoms with van der Waals surface area (Å²) in [6.45, 7) is 0.533. The molecule has 1 fully saturated rings. The van der Waals surface area contributed by atoms with E-state index in [4.69, 9.17) is 4.74 Å². The average molecular weight is 259 g/mol. The molecule has 2 atom stereocenters. The van der Waals surface area contributed by atoms with Gasteiger partial charge in [0.05, 0.1) is 18.8 Å². The van der Waals surface area contributed by atoms with Crippen LogP contribution in [0.3, 0.4) is 0 Å². The van der Waals surface area contributed by atoms with Crippen molar-refractivity contribution in [1.82, 2.24) is 5.32 Å². The number of nitrogens with one attached hydrogen (secondary N) is 1. The molecule has 0 saturated carbocycles. The minimum Gasteiger partial charge on any atom is -0.373 e. The van der Waals surface area contributed by atoms with E-state index in [0.29, 0.717) is 18.6 Å². The molecular weight excluding hydrogens is 247 g/mol. The molecule has 3 nitrogen and oxygen atoms in total. The zero-order chi connectivity index (χ0) is 13.2. The van der Waals surface area contributed by atoms with Gasteiger partial charge in [-0.2, -0.15) is 13.2 Å². The summed E-state index contributed by atoms with van der Waals surface area (Å²) in [6, 6.07) is 7.89. The van der Waals surface area contributed by atoms with Crippen LogP contribution in [0.1, 0.15) is 18.0 Å². The lowest BCUT2D eigenvalue weighted by Crippen LogP contribution is -2.39. The molecule has 1 N–H and O–H groups in total. The molecule has 0 radical (unpaired) electrons. The molecule has 98 valence electrons. The number of halogens is 3. The van der Waals surface area contributed by atoms with Gasteiger partial charge in [0.25, 0.3) is 0 Å². The first-order valence-electron chi connectivity index (χ1n) is 5.51. The fraction of sp³-hybridized carbons (Fsp3) is 0.417. The molecule has 2 rings (SSSR count). The number of amides is 1. The fourth-order valence-corrected chi connectivity index (χ4v) is 1.67. The topological polar surface area (TPSA) is 41.6 Å². The molecule has 1 aromatic rings. The Balaban J connectivity index is 2.08. The summed E-state index contributed by atoms with van der Waals surface area (Å²) in [7, 11) is 0. The Labute approximate surface area is 102 Å². The quantitative estimate of drug-likeness (QED) is 0.842. The molecule has 0 aromatic heterocycles. The molecule has 1 heterocycles. The van der Waals surface area contributed by atoms with Gasteiger partial charge in [0.15, 0.2) is 0 Å². The molecule has 0 bridgehead atoms. The van der Waals surface area contributed by atoms with Gasteiger partial charge >= 0.3 is 12.1 Å². The number of hydrogen-bond donors (Lipinski definition) is 1. The molecule has 1 unspecified atom stereocenters. The maximum atomic E-state index is 12.2. The highest BCUT2D eigenvalue weighted by Crippen LogP contribution is 2.27. The zero-order valence-electron chi connectivity index (χ0n) is 9.41. The smallest absolute Gasteiger partial charge is 0.373 e. The molecule has 1 aromatic carbocycles. The largest absolute Gasteiger partial charge is 0.471 e. The van der Waals surface area contributed by atoms with Crippen molar-refractivity contribution < 1.29 is 22.7 Å². The van der Waals surface area contributed by atoms with Gasteiger partial charge in [-0.3, -0.25) is 4.79 Å². The van der Waals surface area contributed by atoms with E-state index < -0.39 is 18.1 Å². The molecule has 1 aliphatic rings. The van der Waals surface area contributed by atoms with Gasteiger partial charge in [-0.25, -0.2) is 0 Å². The third-order valence-electron chi connectivity index (χ3n) is 2.67. The molecule has 1 aliphatic heterocycles. The zero-order valence-corrected chi connectivity index (χ0v) is 9.41. The van der Waals surface area contributed by atoms with Crippen molar-refractivity contribution in [1.29, 1.82) is 0 Å². The number of hydrogen-bond acceptors (Lipinski definition) is 2. The number of epoxide rings is 1. The Bertz CT molecular complexity index is 415. The van der Waals surface area contributed by atoms with Crippen LogP contribution in [0.4, 0.5) is 13.2 Å².